The summed E-state index contributed by atoms with van der Waals surface area (Å²) in [5.74, 6) is 1.64. The molecule has 4 bridgehead atoms. The Labute approximate surface area is 166 Å². The van der Waals surface area contributed by atoms with E-state index in [2.05, 4.69) is 4.98 Å². The van der Waals surface area contributed by atoms with Crippen LogP contribution in [0.5, 0.6) is 0 Å². The normalized spacial score (nSPS) is 37.2. The smallest absolute Gasteiger partial charge is 0.228 e. The molecule has 150 valence electrons. The SMILES string of the molecule is O=C(Cc1ccncc1)C1CCN(C(=O)C23CC4CC(CC(O)(C4)C2)C3)CC1. The van der Waals surface area contributed by atoms with E-state index < -0.39 is 5.60 Å². The fraction of sp³-hybridized carbons (Fsp3) is 0.696. The summed E-state index contributed by atoms with van der Waals surface area (Å²) < 4.78 is 0. The molecule has 5 heteroatoms. The van der Waals surface area contributed by atoms with Crippen molar-refractivity contribution in [2.24, 2.45) is 23.2 Å². The number of piperidine rings is 1. The average molecular weight is 383 g/mol. The Balaban J connectivity index is 1.21. The molecule has 5 fully saturated rings. The van der Waals surface area contributed by atoms with Gasteiger partial charge in [0.1, 0.15) is 5.78 Å². The van der Waals surface area contributed by atoms with E-state index in [1.807, 2.05) is 17.0 Å². The quantitative estimate of drug-likeness (QED) is 0.869. The lowest BCUT2D eigenvalue weighted by molar-refractivity contribution is -0.187. The first-order valence-corrected chi connectivity index (χ1v) is 10.9. The Morgan fingerprint density at radius 1 is 1.07 bits per heavy atom. The molecular weight excluding hydrogens is 352 g/mol. The minimum Gasteiger partial charge on any atom is -0.390 e. The summed E-state index contributed by atoms with van der Waals surface area (Å²) in [6, 6.07) is 3.79. The van der Waals surface area contributed by atoms with Gasteiger partial charge >= 0.3 is 0 Å². The predicted octanol–water partition coefficient (Wildman–Crippen LogP) is 2.76. The Bertz CT molecular complexity index is 755. The second-order valence-electron chi connectivity index (χ2n) is 10.0. The lowest BCUT2D eigenvalue weighted by atomic mass is 9.47. The van der Waals surface area contributed by atoms with Gasteiger partial charge in [0.25, 0.3) is 0 Å². The van der Waals surface area contributed by atoms with Crippen molar-refractivity contribution in [3.8, 4) is 0 Å². The topological polar surface area (TPSA) is 70.5 Å². The van der Waals surface area contributed by atoms with Gasteiger partial charge in [-0.25, -0.2) is 0 Å². The summed E-state index contributed by atoms with van der Waals surface area (Å²) in [7, 11) is 0. The molecule has 28 heavy (non-hydrogen) atoms. The van der Waals surface area contributed by atoms with Crippen LogP contribution in [0.4, 0.5) is 0 Å². The van der Waals surface area contributed by atoms with Crippen LogP contribution in [0.15, 0.2) is 24.5 Å². The van der Waals surface area contributed by atoms with Gasteiger partial charge in [0.05, 0.1) is 11.0 Å². The highest BCUT2D eigenvalue weighted by Gasteiger charge is 2.60. The summed E-state index contributed by atoms with van der Waals surface area (Å²) in [5.41, 5.74) is 0.0889. The van der Waals surface area contributed by atoms with Crippen LogP contribution in [0.3, 0.4) is 0 Å². The van der Waals surface area contributed by atoms with Crippen molar-refractivity contribution in [3.05, 3.63) is 30.1 Å². The van der Waals surface area contributed by atoms with Gasteiger partial charge in [0.15, 0.2) is 0 Å². The molecule has 2 unspecified atom stereocenters. The number of nitrogens with zero attached hydrogens (tertiary/aromatic N) is 2. The van der Waals surface area contributed by atoms with Crippen LogP contribution in [0.25, 0.3) is 0 Å². The number of aromatic nitrogens is 1. The molecule has 1 aliphatic heterocycles. The van der Waals surface area contributed by atoms with E-state index in [1.165, 1.54) is 6.42 Å². The molecule has 4 saturated carbocycles. The maximum Gasteiger partial charge on any atom is 0.228 e. The van der Waals surface area contributed by atoms with E-state index in [0.29, 0.717) is 37.8 Å². The van der Waals surface area contributed by atoms with E-state index in [9.17, 15) is 14.7 Å². The third-order valence-electron chi connectivity index (χ3n) is 7.85. The van der Waals surface area contributed by atoms with Gasteiger partial charge in [-0.15, -0.1) is 0 Å². The van der Waals surface area contributed by atoms with Crippen molar-refractivity contribution in [1.82, 2.24) is 9.88 Å². The lowest BCUT2D eigenvalue weighted by Gasteiger charge is -2.60. The number of amides is 1. The molecule has 0 radical (unpaired) electrons. The zero-order valence-electron chi connectivity index (χ0n) is 16.5. The summed E-state index contributed by atoms with van der Waals surface area (Å²) in [6.07, 6.45) is 11.0. The number of aliphatic hydroxyl groups is 1. The Morgan fingerprint density at radius 2 is 1.71 bits per heavy atom. The number of hydrogen-bond acceptors (Lipinski definition) is 4. The second-order valence-corrected chi connectivity index (χ2v) is 10.0. The predicted molar refractivity (Wildman–Crippen MR) is 104 cm³/mol. The van der Waals surface area contributed by atoms with Gasteiger partial charge in [-0.05, 0) is 80.9 Å². The number of pyridine rings is 1. The second kappa shape index (κ2) is 6.65. The van der Waals surface area contributed by atoms with Gasteiger partial charge in [-0.1, -0.05) is 0 Å². The number of hydrogen-bond donors (Lipinski definition) is 1. The van der Waals surface area contributed by atoms with Gasteiger partial charge in [-0.3, -0.25) is 14.6 Å². The fourth-order valence-electron chi connectivity index (χ4n) is 7.05. The van der Waals surface area contributed by atoms with Gasteiger partial charge < -0.3 is 10.0 Å². The Hall–Kier alpha value is -1.75. The molecule has 0 aromatic carbocycles. The third kappa shape index (κ3) is 3.18. The first kappa shape index (κ1) is 18.3. The van der Waals surface area contributed by atoms with Gasteiger partial charge in [0, 0.05) is 37.8 Å². The summed E-state index contributed by atoms with van der Waals surface area (Å²) in [5, 5.41) is 11.0. The molecule has 1 aromatic rings. The third-order valence-corrected chi connectivity index (χ3v) is 7.85. The van der Waals surface area contributed by atoms with E-state index in [1.54, 1.807) is 12.4 Å². The average Bonchev–Trinajstić information content (AvgIpc) is 2.66. The first-order chi connectivity index (χ1) is 13.4. The van der Waals surface area contributed by atoms with Crippen molar-refractivity contribution < 1.29 is 14.7 Å². The van der Waals surface area contributed by atoms with E-state index in [-0.39, 0.29) is 23.0 Å². The Morgan fingerprint density at radius 3 is 2.32 bits per heavy atom. The number of carbonyl (C=O) groups excluding carboxylic acids is 2. The number of rotatable bonds is 4. The number of likely N-dealkylation sites (tertiary alicyclic amines) is 1. The maximum absolute atomic E-state index is 13.5. The number of Topliss-reactive ketones (excluding diaryl/α,β-unsaturated/α-hetero) is 1. The van der Waals surface area contributed by atoms with Gasteiger partial charge in [0.2, 0.25) is 5.91 Å². The lowest BCUT2D eigenvalue weighted by Crippen LogP contribution is -2.61. The molecule has 1 aromatic heterocycles. The summed E-state index contributed by atoms with van der Waals surface area (Å²) in [4.78, 5) is 32.1. The van der Waals surface area contributed by atoms with Crippen LogP contribution in [0.2, 0.25) is 0 Å². The summed E-state index contributed by atoms with van der Waals surface area (Å²) >= 11 is 0. The molecule has 4 aliphatic carbocycles. The summed E-state index contributed by atoms with van der Waals surface area (Å²) in [6.45, 7) is 1.36. The molecule has 1 saturated heterocycles. The zero-order chi connectivity index (χ0) is 19.4. The van der Waals surface area contributed by atoms with E-state index >= 15 is 0 Å². The molecule has 0 spiro atoms. The van der Waals surface area contributed by atoms with Crippen LogP contribution >= 0.6 is 0 Å². The van der Waals surface area contributed by atoms with Crippen molar-refractivity contribution >= 4 is 11.7 Å². The van der Waals surface area contributed by atoms with Crippen LogP contribution in [0.1, 0.15) is 56.9 Å². The van der Waals surface area contributed by atoms with Crippen LogP contribution in [-0.4, -0.2) is 45.4 Å². The van der Waals surface area contributed by atoms with Crippen LogP contribution in [-0.2, 0) is 16.0 Å². The van der Waals surface area contributed by atoms with E-state index in [4.69, 9.17) is 0 Å². The molecule has 5 aliphatic rings. The van der Waals surface area contributed by atoms with Crippen LogP contribution in [0, 0.1) is 23.2 Å². The number of ketones is 1. The minimum atomic E-state index is -0.599. The monoisotopic (exact) mass is 382 g/mol. The standard InChI is InChI=1S/C23H30N2O3/c26-20(10-16-1-5-24-6-2-16)19-3-7-25(8-4-19)21(27)22-11-17-9-18(12-22)14-23(28,13-17)15-22/h1-2,5-6,17-19,28H,3-4,7-15H2. The first-order valence-electron chi connectivity index (χ1n) is 10.9. The van der Waals surface area contributed by atoms with Gasteiger partial charge in [-0.2, -0.15) is 0 Å². The molecule has 1 N–H and O–H groups in total. The molecule has 2 atom stereocenters. The van der Waals surface area contributed by atoms with Crippen molar-refractivity contribution in [3.63, 3.8) is 0 Å². The molecule has 6 rings (SSSR count). The van der Waals surface area contributed by atoms with Crippen molar-refractivity contribution in [2.75, 3.05) is 13.1 Å². The molecule has 2 heterocycles. The minimum absolute atomic E-state index is 0.0535. The fourth-order valence-corrected chi connectivity index (χ4v) is 7.05. The highest BCUT2D eigenvalue weighted by Crippen LogP contribution is 2.62. The Kier molecular flexibility index (Phi) is 4.34. The largest absolute Gasteiger partial charge is 0.390 e. The van der Waals surface area contributed by atoms with E-state index in [0.717, 1.165) is 44.1 Å². The highest BCUT2D eigenvalue weighted by atomic mass is 16.3. The molecule has 1 amide bonds. The van der Waals surface area contributed by atoms with Crippen molar-refractivity contribution in [2.45, 2.75) is 63.4 Å². The number of carbonyl (C=O) groups is 2. The zero-order valence-corrected chi connectivity index (χ0v) is 16.5. The molecular formula is C23H30N2O3. The highest BCUT2D eigenvalue weighted by molar-refractivity contribution is 5.85. The van der Waals surface area contributed by atoms with Crippen LogP contribution < -0.4 is 0 Å². The molecule has 5 nitrogen and oxygen atoms in total. The van der Waals surface area contributed by atoms with Crippen molar-refractivity contribution in [1.29, 1.82) is 0 Å². The maximum atomic E-state index is 13.5.